The molecule has 0 radical (unpaired) electrons. The maximum Gasteiger partial charge on any atom is 0.412 e. The van der Waals surface area contributed by atoms with E-state index in [4.69, 9.17) is 4.74 Å². The molecule has 0 bridgehead atoms. The Balaban J connectivity index is 2.73. The van der Waals surface area contributed by atoms with E-state index in [1.165, 1.54) is 0 Å². The summed E-state index contributed by atoms with van der Waals surface area (Å²) in [5.41, 5.74) is 0.222. The molecule has 0 aliphatic rings. The summed E-state index contributed by atoms with van der Waals surface area (Å²) in [6.45, 7) is 5.49. The fraction of sp³-hybridized carbons (Fsp3) is 0.364. The van der Waals surface area contributed by atoms with Gasteiger partial charge in [0.15, 0.2) is 0 Å². The maximum atomic E-state index is 11.5. The van der Waals surface area contributed by atoms with Gasteiger partial charge in [-0.3, -0.25) is 5.32 Å². The van der Waals surface area contributed by atoms with Gasteiger partial charge < -0.3 is 4.74 Å². The van der Waals surface area contributed by atoms with E-state index in [2.05, 4.69) is 43.8 Å². The number of rotatable bonds is 1. The van der Waals surface area contributed by atoms with Gasteiger partial charge in [0, 0.05) is 8.04 Å². The van der Waals surface area contributed by atoms with Crippen LogP contribution in [0.3, 0.4) is 0 Å². The van der Waals surface area contributed by atoms with E-state index in [9.17, 15) is 4.79 Å². The topological polar surface area (TPSA) is 38.3 Å². The fourth-order valence-corrected chi connectivity index (χ4v) is 1.84. The van der Waals surface area contributed by atoms with Gasteiger partial charge >= 0.3 is 6.09 Å². The summed E-state index contributed by atoms with van der Waals surface area (Å²) < 4.78 is 7.04. The summed E-state index contributed by atoms with van der Waals surface area (Å²) in [5.74, 6) is 0. The second-order valence-electron chi connectivity index (χ2n) is 4.25. The molecule has 0 fully saturated rings. The second kappa shape index (κ2) is 5.35. The highest BCUT2D eigenvalue weighted by Crippen LogP contribution is 2.24. The number of ether oxygens (including phenoxy) is 1. The van der Waals surface area contributed by atoms with Crippen LogP contribution in [0, 0.1) is 3.57 Å². The number of carbonyl (C=O) groups excluding carboxylic acids is 1. The van der Waals surface area contributed by atoms with Gasteiger partial charge in [-0.15, -0.1) is 0 Å². The van der Waals surface area contributed by atoms with Gasteiger partial charge in [-0.1, -0.05) is 0 Å². The number of carbonyl (C=O) groups is 1. The van der Waals surface area contributed by atoms with Crippen LogP contribution in [0.25, 0.3) is 0 Å². The van der Waals surface area contributed by atoms with Crippen molar-refractivity contribution in [1.82, 2.24) is 0 Å². The third kappa shape index (κ3) is 4.69. The van der Waals surface area contributed by atoms with E-state index < -0.39 is 11.7 Å². The van der Waals surface area contributed by atoms with Crippen molar-refractivity contribution in [2.45, 2.75) is 26.4 Å². The molecule has 1 aromatic rings. The lowest BCUT2D eigenvalue weighted by atomic mass is 10.2. The van der Waals surface area contributed by atoms with Crippen molar-refractivity contribution in [1.29, 1.82) is 0 Å². The van der Waals surface area contributed by atoms with Crippen molar-refractivity contribution in [3.05, 3.63) is 26.2 Å². The lowest BCUT2D eigenvalue weighted by Gasteiger charge is -2.20. The molecular formula is C11H13BrINO2. The van der Waals surface area contributed by atoms with Crippen LogP contribution in [-0.2, 0) is 4.74 Å². The lowest BCUT2D eigenvalue weighted by molar-refractivity contribution is 0.0636. The molecule has 88 valence electrons. The summed E-state index contributed by atoms with van der Waals surface area (Å²) in [6.07, 6.45) is -0.449. The van der Waals surface area contributed by atoms with Crippen LogP contribution < -0.4 is 5.32 Å². The van der Waals surface area contributed by atoms with Crippen molar-refractivity contribution in [3.63, 3.8) is 0 Å². The Morgan fingerprint density at radius 2 is 2.06 bits per heavy atom. The first-order valence-corrected chi connectivity index (χ1v) is 6.60. The maximum absolute atomic E-state index is 11.5. The van der Waals surface area contributed by atoms with Crippen molar-refractivity contribution in [3.8, 4) is 0 Å². The highest BCUT2D eigenvalue weighted by molar-refractivity contribution is 14.1. The van der Waals surface area contributed by atoms with Crippen LogP contribution in [0.1, 0.15) is 20.8 Å². The highest BCUT2D eigenvalue weighted by atomic mass is 127. The highest BCUT2D eigenvalue weighted by Gasteiger charge is 2.16. The van der Waals surface area contributed by atoms with Gasteiger partial charge in [0.05, 0.1) is 5.69 Å². The summed E-state index contributed by atoms with van der Waals surface area (Å²) in [5, 5.41) is 2.69. The van der Waals surface area contributed by atoms with E-state index in [0.29, 0.717) is 5.69 Å². The first-order valence-electron chi connectivity index (χ1n) is 4.73. The standard InChI is InChI=1S/C11H13BrINO2/c1-11(2,3)16-10(15)14-9-6-7(13)4-5-8(9)12/h4-6H,1-3H3,(H,14,15). The molecule has 5 heteroatoms. The number of amides is 1. The minimum absolute atomic E-state index is 0.449. The molecule has 0 aliphatic carbocycles. The molecular weight excluding hydrogens is 385 g/mol. The Kier molecular flexibility index (Phi) is 4.61. The van der Waals surface area contributed by atoms with Crippen molar-refractivity contribution >= 4 is 50.3 Å². The zero-order valence-corrected chi connectivity index (χ0v) is 13.0. The van der Waals surface area contributed by atoms with Crippen LogP contribution in [0.5, 0.6) is 0 Å². The van der Waals surface area contributed by atoms with E-state index in [-0.39, 0.29) is 0 Å². The van der Waals surface area contributed by atoms with E-state index in [1.807, 2.05) is 39.0 Å². The molecule has 0 saturated carbocycles. The molecule has 0 atom stereocenters. The van der Waals surface area contributed by atoms with Crippen molar-refractivity contribution < 1.29 is 9.53 Å². The Morgan fingerprint density at radius 1 is 1.44 bits per heavy atom. The molecule has 0 saturated heterocycles. The Bertz CT molecular complexity index is 401. The Labute approximate surface area is 117 Å². The van der Waals surface area contributed by atoms with Gasteiger partial charge in [0.2, 0.25) is 0 Å². The molecule has 1 aromatic carbocycles. The van der Waals surface area contributed by atoms with E-state index in [1.54, 1.807) is 0 Å². The van der Waals surface area contributed by atoms with Gasteiger partial charge in [-0.05, 0) is 77.5 Å². The summed E-state index contributed by atoms with van der Waals surface area (Å²) in [7, 11) is 0. The molecule has 3 nitrogen and oxygen atoms in total. The zero-order valence-electron chi connectivity index (χ0n) is 9.30. The average Bonchev–Trinajstić information content (AvgIpc) is 2.08. The van der Waals surface area contributed by atoms with Gasteiger partial charge in [-0.2, -0.15) is 0 Å². The fourth-order valence-electron chi connectivity index (χ4n) is 1.01. The molecule has 0 aliphatic heterocycles. The molecule has 1 amide bonds. The van der Waals surface area contributed by atoms with Crippen LogP contribution in [0.15, 0.2) is 22.7 Å². The molecule has 0 heterocycles. The van der Waals surface area contributed by atoms with Crippen molar-refractivity contribution in [2.24, 2.45) is 0 Å². The predicted molar refractivity (Wildman–Crippen MR) is 76.7 cm³/mol. The number of anilines is 1. The van der Waals surface area contributed by atoms with Crippen molar-refractivity contribution in [2.75, 3.05) is 5.32 Å². The Morgan fingerprint density at radius 3 is 2.62 bits per heavy atom. The molecule has 16 heavy (non-hydrogen) atoms. The first-order chi connectivity index (χ1) is 7.28. The molecule has 0 unspecified atom stereocenters. The first kappa shape index (κ1) is 13.8. The summed E-state index contributed by atoms with van der Waals surface area (Å²) in [4.78, 5) is 11.5. The smallest absolute Gasteiger partial charge is 0.412 e. The number of nitrogens with one attached hydrogen (secondary N) is 1. The second-order valence-corrected chi connectivity index (χ2v) is 6.35. The van der Waals surface area contributed by atoms with Crippen LogP contribution in [0.4, 0.5) is 10.5 Å². The minimum Gasteiger partial charge on any atom is -0.444 e. The molecule has 1 rings (SSSR count). The minimum atomic E-state index is -0.488. The lowest BCUT2D eigenvalue weighted by Crippen LogP contribution is -2.27. The van der Waals surface area contributed by atoms with Gasteiger partial charge in [0.1, 0.15) is 5.60 Å². The summed E-state index contributed by atoms with van der Waals surface area (Å²) >= 11 is 5.55. The van der Waals surface area contributed by atoms with E-state index in [0.717, 1.165) is 8.04 Å². The molecule has 1 N–H and O–H groups in total. The van der Waals surface area contributed by atoms with Crippen LogP contribution in [0.2, 0.25) is 0 Å². The predicted octanol–water partition coefficient (Wildman–Crippen LogP) is 4.40. The Hall–Kier alpha value is -0.300. The number of halogens is 2. The third-order valence-electron chi connectivity index (χ3n) is 1.56. The number of hydrogen-bond donors (Lipinski definition) is 1. The number of benzene rings is 1. The number of hydrogen-bond acceptors (Lipinski definition) is 2. The largest absolute Gasteiger partial charge is 0.444 e. The molecule has 0 aromatic heterocycles. The van der Waals surface area contributed by atoms with Gasteiger partial charge in [0.25, 0.3) is 0 Å². The zero-order chi connectivity index (χ0) is 12.3. The SMILES string of the molecule is CC(C)(C)OC(=O)Nc1cc(I)ccc1Br. The normalized spacial score (nSPS) is 11.1. The molecule has 0 spiro atoms. The van der Waals surface area contributed by atoms with Crippen LogP contribution in [-0.4, -0.2) is 11.7 Å². The van der Waals surface area contributed by atoms with Gasteiger partial charge in [-0.25, -0.2) is 4.79 Å². The van der Waals surface area contributed by atoms with Crippen LogP contribution >= 0.6 is 38.5 Å². The third-order valence-corrected chi connectivity index (χ3v) is 2.93. The monoisotopic (exact) mass is 397 g/mol. The van der Waals surface area contributed by atoms with E-state index >= 15 is 0 Å². The average molecular weight is 398 g/mol. The quantitative estimate of drug-likeness (QED) is 0.713. The summed E-state index contributed by atoms with van der Waals surface area (Å²) in [6, 6.07) is 5.70.